The standard InChI is InChI=1S/C46H70N2O11S/c1-12-27-14-13-15-35(59-37-17-16-34(24(5)55-37)48(8)45(51)22(2)3)23(4)40(50)32-20-30-29-18-28(58-46-43(54-11)42(53-10)41(52-9)25(6)56-46)19-33(29)44-39(47-26(7)60-44)38(30)31(32)21-36(49)57-27/h20,22-25,27-31,33-35,37-38,41-43,46H,12-19,21H2,1-11H3/t23-,24?,25?,27+,28+,29+,30+,31-,33-,34+,35+,37+,38-,41+,42?,43+,46+/m1/s1. The second-order valence-corrected chi connectivity index (χ2v) is 19.9. The highest BCUT2D eigenvalue weighted by Crippen LogP contribution is 2.62. The van der Waals surface area contributed by atoms with Crippen LogP contribution in [0.15, 0.2) is 11.6 Å². The molecule has 14 heteroatoms. The third-order valence-corrected chi connectivity index (χ3v) is 15.8. The maximum absolute atomic E-state index is 15.1. The van der Waals surface area contributed by atoms with Crippen molar-refractivity contribution in [2.75, 3.05) is 28.4 Å². The summed E-state index contributed by atoms with van der Waals surface area (Å²) < 4.78 is 50.2. The van der Waals surface area contributed by atoms with Crippen LogP contribution in [0.25, 0.3) is 0 Å². The first-order valence-corrected chi connectivity index (χ1v) is 23.4. The van der Waals surface area contributed by atoms with Gasteiger partial charge in [-0.05, 0) is 83.1 Å². The van der Waals surface area contributed by atoms with Crippen molar-refractivity contribution in [3.63, 3.8) is 0 Å². The Balaban J connectivity index is 1.15. The molecule has 0 bridgehead atoms. The van der Waals surface area contributed by atoms with Crippen molar-refractivity contribution < 1.29 is 52.3 Å². The zero-order chi connectivity index (χ0) is 43.2. The number of likely N-dealkylation sites (N-methyl/N-ethyl adjacent to an activating group) is 1. The largest absolute Gasteiger partial charge is 0.462 e. The molecule has 3 aliphatic heterocycles. The molecule has 0 aromatic carbocycles. The van der Waals surface area contributed by atoms with Crippen LogP contribution in [0.1, 0.15) is 127 Å². The summed E-state index contributed by atoms with van der Waals surface area (Å²) >= 11 is 1.73. The third-order valence-electron chi connectivity index (χ3n) is 14.7. The number of hydrogen-bond acceptors (Lipinski definition) is 13. The quantitative estimate of drug-likeness (QED) is 0.227. The van der Waals surface area contributed by atoms with Crippen molar-refractivity contribution in [2.45, 2.75) is 186 Å². The summed E-state index contributed by atoms with van der Waals surface area (Å²) in [6, 6.07) is -0.0445. The van der Waals surface area contributed by atoms with E-state index in [9.17, 15) is 9.59 Å². The fraction of sp³-hybridized carbons (Fsp3) is 0.826. The van der Waals surface area contributed by atoms with Crippen LogP contribution in [0.5, 0.6) is 0 Å². The minimum absolute atomic E-state index is 0.00738. The van der Waals surface area contributed by atoms with Crippen LogP contribution in [0.4, 0.5) is 0 Å². The Bertz CT molecular complexity index is 1720. The number of aryl methyl sites for hydroxylation is 1. The van der Waals surface area contributed by atoms with Crippen LogP contribution >= 0.6 is 11.3 Å². The number of rotatable bonds is 10. The van der Waals surface area contributed by atoms with E-state index in [1.165, 1.54) is 4.88 Å². The number of amides is 1. The predicted octanol–water partition coefficient (Wildman–Crippen LogP) is 6.88. The summed E-state index contributed by atoms with van der Waals surface area (Å²) in [5.41, 5.74) is 1.71. The smallest absolute Gasteiger partial charge is 0.306 e. The number of aromatic nitrogens is 1. The van der Waals surface area contributed by atoms with Crippen LogP contribution in [-0.2, 0) is 52.3 Å². The van der Waals surface area contributed by atoms with Gasteiger partial charge in [-0.1, -0.05) is 33.8 Å². The third kappa shape index (κ3) is 8.92. The molecular formula is C46H70N2O11S. The van der Waals surface area contributed by atoms with Gasteiger partial charge in [-0.25, -0.2) is 4.98 Å². The Labute approximate surface area is 360 Å². The first kappa shape index (κ1) is 45.7. The lowest BCUT2D eigenvalue weighted by atomic mass is 9.67. The van der Waals surface area contributed by atoms with Gasteiger partial charge >= 0.3 is 5.97 Å². The van der Waals surface area contributed by atoms with Crippen LogP contribution in [0.2, 0.25) is 0 Å². The lowest BCUT2D eigenvalue weighted by Crippen LogP contribution is -2.59. The van der Waals surface area contributed by atoms with Crippen molar-refractivity contribution in [1.29, 1.82) is 0 Å². The van der Waals surface area contributed by atoms with Crippen LogP contribution in [0, 0.1) is 36.5 Å². The Morgan fingerprint density at radius 3 is 2.33 bits per heavy atom. The molecule has 336 valence electrons. The summed E-state index contributed by atoms with van der Waals surface area (Å²) in [7, 11) is 6.81. The van der Waals surface area contributed by atoms with E-state index in [-0.39, 0.29) is 102 Å². The SMILES string of the molecule is CC[C@H]1CCC[C@H](O[C@H]2CC[C@H](N(C)C(=O)C(C)C)C(C)O2)[C@@H](C)C(=O)C2=C[C@H]3[C@@H]4C[C@H](O[C@@H]5OC(C)[C@H](OC)C(OC)[C@@H]5OC)C[C@H]4c4sc(C)nc4[C@H]3[C@@H]2CC(=O)O1. The summed E-state index contributed by atoms with van der Waals surface area (Å²) in [6.45, 7) is 13.9. The molecule has 3 saturated heterocycles. The van der Waals surface area contributed by atoms with Crippen LogP contribution in [-0.4, -0.2) is 123 Å². The van der Waals surface area contributed by atoms with E-state index in [1.54, 1.807) is 32.7 Å². The van der Waals surface area contributed by atoms with E-state index in [1.807, 2.05) is 53.5 Å². The summed E-state index contributed by atoms with van der Waals surface area (Å²) in [6.07, 6.45) is 4.52. The van der Waals surface area contributed by atoms with Crippen LogP contribution in [0.3, 0.4) is 0 Å². The minimum atomic E-state index is -0.645. The molecule has 13 nitrogen and oxygen atoms in total. The lowest BCUT2D eigenvalue weighted by molar-refractivity contribution is -0.314. The van der Waals surface area contributed by atoms with E-state index in [0.717, 1.165) is 36.4 Å². The monoisotopic (exact) mass is 858 g/mol. The van der Waals surface area contributed by atoms with Crippen molar-refractivity contribution in [3.8, 4) is 0 Å². The highest BCUT2D eigenvalue weighted by Gasteiger charge is 2.57. The second-order valence-electron chi connectivity index (χ2n) is 18.6. The molecule has 1 aromatic heterocycles. The normalized spacial score (nSPS) is 41.0. The zero-order valence-electron chi connectivity index (χ0n) is 37.6. The fourth-order valence-corrected chi connectivity index (χ4v) is 12.8. The number of cyclic esters (lactones) is 1. The van der Waals surface area contributed by atoms with E-state index < -0.39 is 30.7 Å². The molecular weight excluding hydrogens is 789 g/mol. The molecule has 1 amide bonds. The number of ether oxygens (including phenoxy) is 8. The van der Waals surface area contributed by atoms with Gasteiger partial charge in [0.1, 0.15) is 24.4 Å². The molecule has 3 aliphatic carbocycles. The first-order chi connectivity index (χ1) is 28.7. The number of carbonyl (C=O) groups excluding carboxylic acids is 3. The van der Waals surface area contributed by atoms with Gasteiger partial charge in [0.15, 0.2) is 18.4 Å². The Hall–Kier alpha value is -2.30. The molecule has 6 aliphatic rings. The van der Waals surface area contributed by atoms with Crippen molar-refractivity contribution in [2.24, 2.45) is 29.6 Å². The van der Waals surface area contributed by atoms with Crippen molar-refractivity contribution in [3.05, 3.63) is 27.2 Å². The topological polar surface area (TPSA) is 141 Å². The highest BCUT2D eigenvalue weighted by atomic mass is 32.1. The van der Waals surface area contributed by atoms with Gasteiger partial charge in [0, 0.05) is 69.3 Å². The number of ketones is 1. The number of nitrogens with zero attached hydrogens (tertiary/aromatic N) is 2. The number of esters is 1. The molecule has 4 fully saturated rings. The van der Waals surface area contributed by atoms with Gasteiger partial charge in [-0.2, -0.15) is 0 Å². The maximum Gasteiger partial charge on any atom is 0.306 e. The van der Waals surface area contributed by atoms with E-state index in [2.05, 4.69) is 13.0 Å². The molecule has 0 N–H and O–H groups in total. The Morgan fingerprint density at radius 1 is 0.933 bits per heavy atom. The lowest BCUT2D eigenvalue weighted by Gasteiger charge is -2.44. The van der Waals surface area contributed by atoms with Gasteiger partial charge in [0.05, 0.1) is 47.6 Å². The number of Topliss-reactive ketones (excluding diaryl/α,β-unsaturated/α-hetero) is 1. The second kappa shape index (κ2) is 19.2. The van der Waals surface area contributed by atoms with E-state index >= 15 is 4.79 Å². The molecule has 7 rings (SSSR count). The Kier molecular flexibility index (Phi) is 14.6. The van der Waals surface area contributed by atoms with E-state index in [0.29, 0.717) is 31.3 Å². The van der Waals surface area contributed by atoms with Gasteiger partial charge in [0.25, 0.3) is 0 Å². The number of hydrogen-bond donors (Lipinski definition) is 0. The minimum Gasteiger partial charge on any atom is -0.462 e. The van der Waals surface area contributed by atoms with Gasteiger partial charge in [-0.15, -0.1) is 11.3 Å². The number of methoxy groups -OCH3 is 3. The Morgan fingerprint density at radius 2 is 1.67 bits per heavy atom. The van der Waals surface area contributed by atoms with Crippen molar-refractivity contribution in [1.82, 2.24) is 9.88 Å². The van der Waals surface area contributed by atoms with Gasteiger partial charge in [-0.3, -0.25) is 14.4 Å². The summed E-state index contributed by atoms with van der Waals surface area (Å²) in [4.78, 5) is 50.0. The van der Waals surface area contributed by atoms with Gasteiger partial charge < -0.3 is 42.8 Å². The maximum atomic E-state index is 15.1. The molecule has 4 heterocycles. The molecule has 0 spiro atoms. The molecule has 1 saturated carbocycles. The van der Waals surface area contributed by atoms with E-state index in [4.69, 9.17) is 42.9 Å². The average Bonchev–Trinajstić information content (AvgIpc) is 3.93. The molecule has 0 radical (unpaired) electrons. The number of carbonyl (C=O) groups is 3. The first-order valence-electron chi connectivity index (χ1n) is 22.6. The molecule has 1 aromatic rings. The number of thiazole rings is 1. The average molecular weight is 859 g/mol. The van der Waals surface area contributed by atoms with Crippen molar-refractivity contribution >= 4 is 29.0 Å². The molecule has 17 atom stereocenters. The molecule has 60 heavy (non-hydrogen) atoms. The van der Waals surface area contributed by atoms with Crippen LogP contribution < -0.4 is 0 Å². The highest BCUT2D eigenvalue weighted by molar-refractivity contribution is 7.11. The summed E-state index contributed by atoms with van der Waals surface area (Å²) in [5.74, 6) is -0.850. The predicted molar refractivity (Wildman–Crippen MR) is 224 cm³/mol. The number of fused-ring (bicyclic) bond motifs is 8. The number of allylic oxidation sites excluding steroid dienone is 2. The molecule has 3 unspecified atom stereocenters. The van der Waals surface area contributed by atoms with Gasteiger partial charge in [0.2, 0.25) is 5.91 Å². The summed E-state index contributed by atoms with van der Waals surface area (Å²) in [5, 5.41) is 0.980. The zero-order valence-corrected chi connectivity index (χ0v) is 38.4. The fourth-order valence-electron chi connectivity index (χ4n) is 11.6.